The van der Waals surface area contributed by atoms with Crippen LogP contribution < -0.4 is 57.0 Å². The zero-order chi connectivity index (χ0) is 111. The Morgan fingerprint density at radius 2 is 0.693 bits per heavy atom. The highest BCUT2D eigenvalue weighted by molar-refractivity contribution is 9.11. The van der Waals surface area contributed by atoms with Crippen LogP contribution in [0, 0.1) is 0 Å². The van der Waals surface area contributed by atoms with Gasteiger partial charge in [-0.15, -0.1) is 12.4 Å². The molecule has 0 spiro atoms. The van der Waals surface area contributed by atoms with Crippen LogP contribution in [0.2, 0.25) is 30.1 Å². The van der Waals surface area contributed by atoms with Crippen LogP contribution in [-0.2, 0) is 122 Å². The number of fused-ring (bicyclic) bond motifs is 3. The molecule has 6 amide bonds. The van der Waals surface area contributed by atoms with E-state index in [1.54, 1.807) is 46.0 Å². The topological polar surface area (TPSA) is 522 Å². The molecule has 0 radical (unpaired) electrons. The van der Waals surface area contributed by atoms with Crippen molar-refractivity contribution in [3.8, 4) is 0 Å². The molecule has 16 rings (SSSR count). The van der Waals surface area contributed by atoms with Crippen molar-refractivity contribution in [3.05, 3.63) is 219 Å². The van der Waals surface area contributed by atoms with Gasteiger partial charge in [-0.05, 0) is 242 Å². The Morgan fingerprint density at radius 3 is 0.960 bits per heavy atom. The van der Waals surface area contributed by atoms with Crippen LogP contribution in [-0.4, -0.2) is 227 Å². The summed E-state index contributed by atoms with van der Waals surface area (Å²) >= 11 is 47.1. The SMILES string of the molecule is CC1(C)OB(B2OC(C)(C)C(C)(C)O2)OC1(C)C.C[C@@]1(Cc2ccc(Br)cc2)C(=O)N(c2cc(Cl)cc(Cl)c2)c2ncc(S(=O)(=O)Cl)n21.C[C@H](N)C(=O)NCCO.C[C@H](NS(=O)(=O)c1cnc2n1[C@](C)(Cc1ccc(B3OC(C)(C)C(C)(C)O3)cc1)C(=O)N2c1cc(Cl)cc(Cl)c1)C(=O)NCCO.C[C@H](NS(=O)(=O)c1cnc2n1[C@](C)(Cc1ccc(Br)cc1)C(=O)N2c1cc(Cl)cc(Cl)c1)C(=O)NCCO.Cl.Nc1ncncc1Br. The Balaban J connectivity index is 0.000000199. The van der Waals surface area contributed by atoms with Crippen LogP contribution in [0.4, 0.5) is 40.7 Å². The van der Waals surface area contributed by atoms with E-state index in [0.29, 0.717) is 32.9 Å². The molecular weight excluding hydrogens is 2370 g/mol. The molecule has 4 aromatic heterocycles. The molecular formula is C94H114B3Br3Cl8N18O21S3. The maximum atomic E-state index is 14.4. The minimum Gasteiger partial charge on any atom is -0.405 e. The first kappa shape index (κ1) is 124. The number of hydrogen-bond acceptors (Lipinski definition) is 28. The lowest BCUT2D eigenvalue weighted by Gasteiger charge is -2.32. The second kappa shape index (κ2) is 48.8. The fourth-order valence-corrected chi connectivity index (χ4v) is 22.1. The quantitative estimate of drug-likeness (QED) is 0.0169. The number of benzene rings is 6. The third-order valence-corrected chi connectivity index (χ3v) is 33.1. The van der Waals surface area contributed by atoms with Gasteiger partial charge in [-0.3, -0.25) is 42.5 Å². The van der Waals surface area contributed by atoms with Gasteiger partial charge in [0.1, 0.15) is 28.8 Å². The van der Waals surface area contributed by atoms with Gasteiger partial charge in [0.15, 0.2) is 15.1 Å². The van der Waals surface area contributed by atoms with Gasteiger partial charge in [0.2, 0.25) is 35.6 Å². The first-order valence-electron chi connectivity index (χ1n) is 46.1. The van der Waals surface area contributed by atoms with E-state index in [-0.39, 0.29) is 158 Å². The Labute approximate surface area is 937 Å². The van der Waals surface area contributed by atoms with Crippen molar-refractivity contribution >= 4 is 272 Å². The summed E-state index contributed by atoms with van der Waals surface area (Å²) in [6, 6.07) is 33.1. The lowest BCUT2D eigenvalue weighted by atomic mass is 9.49. The molecule has 6 aromatic carbocycles. The maximum absolute atomic E-state index is 14.4. The smallest absolute Gasteiger partial charge is 0.405 e. The number of carbonyl (C=O) groups is 6. The van der Waals surface area contributed by atoms with E-state index in [2.05, 4.69) is 98.1 Å². The van der Waals surface area contributed by atoms with Crippen LogP contribution in [0.5, 0.6) is 0 Å². The van der Waals surface area contributed by atoms with E-state index in [1.807, 2.05) is 156 Å². The van der Waals surface area contributed by atoms with Crippen molar-refractivity contribution in [3.63, 3.8) is 0 Å². The standard InChI is InChI=1S/C30H36BCl2N5O7S.C24H24BrCl2N5O5S.C19H13BrCl3N3O3S.C12H24B2O4.C5H12N2O2.C4H4BrN3.ClH/c1-18(25(40)34-11-12-39)36-46(42,43)24-17-35-27-37(23-14-21(32)13-22(33)15-23)26(41)30(6,38(24)27)16-19-7-9-20(10-8-19)31-44-28(2,3)29(4,5)45-31;1-14(21(34)28-7-8-33)30-38(36,37)20-13-29-23-31(19-10-17(26)9-18(27)11-19)22(35)24(2,32(20)23)12-15-3-5-16(25)6-4-15;1-19(9-11-2-4-12(20)5-3-11)17(27)25(15-7-13(21)6-14(22)8-15)18-24-10-16(26(18)19)30(23,28)29;1-9(2)10(3,4)16-13(15-9)14-17-11(5,6)12(7,8)18-14;1-4(6)5(9)7-2-3-8;5-3-1-7-2-8-4(3)6;/h7-10,13-15,17-18,36,39H,11-12,16H2,1-6H3,(H,34,40);3-6,9-11,13-14,30,33H,7-8,12H2,1-2H3,(H,28,34);2-8,10H,9H2,1H3;1-8H3;4,8H,2-3,6H2,1H3,(H,7,9);1-2H,(H2,6,7,8);1H/t18-,30+;14-,24+;19-;;4-;;/m001.0../s1. The van der Waals surface area contributed by atoms with Crippen LogP contribution in [0.1, 0.15) is 141 Å². The van der Waals surface area contributed by atoms with E-state index in [9.17, 15) is 54.0 Å². The molecule has 6 atom stereocenters. The maximum Gasteiger partial charge on any atom is 0.494 e. The molecule has 10 heterocycles. The van der Waals surface area contributed by atoms with Crippen LogP contribution in [0.25, 0.3) is 0 Å². The molecule has 810 valence electrons. The molecule has 0 unspecified atom stereocenters. The number of anilines is 7. The average Bonchev–Trinajstić information content (AvgIpc) is 1.52. The normalized spacial score (nSPS) is 19.8. The molecule has 150 heavy (non-hydrogen) atoms. The highest BCUT2D eigenvalue weighted by atomic mass is 79.9. The first-order valence-corrected chi connectivity index (χ1v) is 56.0. The summed E-state index contributed by atoms with van der Waals surface area (Å²) in [6.07, 6.45) is 6.86. The van der Waals surface area contributed by atoms with E-state index >= 15 is 0 Å². The van der Waals surface area contributed by atoms with Crippen LogP contribution in [0.15, 0.2) is 187 Å². The lowest BCUT2D eigenvalue weighted by Crippen LogP contribution is -2.47. The summed E-state index contributed by atoms with van der Waals surface area (Å²) in [5.74, 6) is -2.07. The van der Waals surface area contributed by atoms with Crippen molar-refractivity contribution in [2.24, 2.45) is 5.73 Å². The van der Waals surface area contributed by atoms with E-state index in [4.69, 9.17) is 135 Å². The monoisotopic (exact) mass is 2480 g/mol. The second-order valence-electron chi connectivity index (χ2n) is 38.9. The number of halogens is 11. The fourth-order valence-electron chi connectivity index (χ4n) is 16.0. The van der Waals surface area contributed by atoms with Crippen molar-refractivity contribution in [2.75, 3.05) is 59.9 Å². The molecule has 3 saturated heterocycles. The number of aromatic nitrogens is 8. The van der Waals surface area contributed by atoms with Crippen LogP contribution >= 0.6 is 140 Å². The van der Waals surface area contributed by atoms with E-state index in [1.165, 1.54) is 91.0 Å². The number of nitrogens with one attached hydrogen (secondary N) is 5. The summed E-state index contributed by atoms with van der Waals surface area (Å²) < 4.78 is 126. The van der Waals surface area contributed by atoms with Gasteiger partial charge in [-0.2, -0.15) is 9.44 Å². The van der Waals surface area contributed by atoms with Gasteiger partial charge in [-0.25, -0.2) is 64.9 Å². The van der Waals surface area contributed by atoms with Crippen molar-refractivity contribution in [2.45, 2.75) is 227 Å². The van der Waals surface area contributed by atoms with Gasteiger partial charge in [0.05, 0.1) is 112 Å². The summed E-state index contributed by atoms with van der Waals surface area (Å²) in [5.41, 5.74) is 7.98. The number of carbonyl (C=O) groups excluding carboxylic acids is 6. The van der Waals surface area contributed by atoms with Gasteiger partial charge in [0, 0.05) is 94.9 Å². The highest BCUT2D eigenvalue weighted by Crippen LogP contribution is 2.51. The minimum absolute atomic E-state index is 0. The van der Waals surface area contributed by atoms with Crippen molar-refractivity contribution in [1.82, 2.24) is 64.0 Å². The second-order valence-corrected chi connectivity index (χ2v) is 50.0. The number of nitrogens with two attached hydrogens (primary N) is 2. The number of nitrogen functional groups attached to an aromatic ring is 1. The van der Waals surface area contributed by atoms with Crippen molar-refractivity contribution in [1.29, 1.82) is 0 Å². The van der Waals surface area contributed by atoms with Crippen molar-refractivity contribution < 1.29 is 97.3 Å². The Hall–Kier alpha value is -8.03. The molecule has 12 N–H and O–H groups in total. The van der Waals surface area contributed by atoms with Gasteiger partial charge in [-0.1, -0.05) is 150 Å². The van der Waals surface area contributed by atoms with E-state index in [0.717, 1.165) is 54.2 Å². The molecule has 3 fully saturated rings. The first-order chi connectivity index (χ1) is 69.1. The highest BCUT2D eigenvalue weighted by Gasteiger charge is 2.65. The van der Waals surface area contributed by atoms with Gasteiger partial charge < -0.3 is 70.7 Å². The Kier molecular flexibility index (Phi) is 40.3. The number of nitrogens with zero attached hydrogens (tertiary/aromatic N) is 11. The molecule has 10 aromatic rings. The average molecular weight is 2480 g/mol. The Bertz CT molecular complexity index is 6860. The molecule has 6 aliphatic heterocycles. The van der Waals surface area contributed by atoms with Gasteiger partial charge >= 0.3 is 21.1 Å². The number of imidazole rings is 3. The van der Waals surface area contributed by atoms with Gasteiger partial charge in [0.25, 0.3) is 46.8 Å². The van der Waals surface area contributed by atoms with Crippen LogP contribution in [0.3, 0.4) is 0 Å². The molecule has 39 nitrogen and oxygen atoms in total. The van der Waals surface area contributed by atoms with E-state index < -0.39 is 120 Å². The summed E-state index contributed by atoms with van der Waals surface area (Å²) in [4.78, 5) is 101. The summed E-state index contributed by atoms with van der Waals surface area (Å²) in [7, 11) is -8.77. The Morgan fingerprint density at radius 1 is 0.420 bits per heavy atom. The predicted octanol–water partition coefficient (Wildman–Crippen LogP) is 13.7. The lowest BCUT2D eigenvalue weighted by molar-refractivity contribution is -0.124. The number of rotatable bonds is 27. The predicted molar refractivity (Wildman–Crippen MR) is 590 cm³/mol. The third kappa shape index (κ3) is 27.8. The summed E-state index contributed by atoms with van der Waals surface area (Å²) in [6.45, 7) is 32.9. The zero-order valence-electron chi connectivity index (χ0n) is 84.5. The largest absolute Gasteiger partial charge is 0.494 e. The molecule has 6 aliphatic rings. The molecule has 56 heteroatoms. The number of sulfonamides is 2. The molecule has 0 saturated carbocycles. The zero-order valence-corrected chi connectivity index (χ0v) is 97.8. The molecule has 0 aliphatic carbocycles. The number of amides is 6. The minimum atomic E-state index is -4.40. The third-order valence-electron chi connectivity index (χ3n) is 25.9. The molecule has 0 bridgehead atoms. The number of aliphatic hydroxyl groups is 3. The fraction of sp³-hybridized carbons (Fsp3) is 0.415. The summed E-state index contributed by atoms with van der Waals surface area (Å²) in [5, 5.41) is 34.4. The number of aliphatic hydroxyl groups excluding tert-OH is 3. The number of hydrogen-bond donors (Lipinski definition) is 10.